The van der Waals surface area contributed by atoms with Crippen LogP contribution in [0.5, 0.6) is 0 Å². The lowest BCUT2D eigenvalue weighted by atomic mass is 9.90. The van der Waals surface area contributed by atoms with E-state index in [1.54, 1.807) is 46.1 Å². The van der Waals surface area contributed by atoms with Gasteiger partial charge in [-0.2, -0.15) is 5.10 Å². The van der Waals surface area contributed by atoms with Crippen LogP contribution < -0.4 is 10.6 Å². The topological polar surface area (TPSA) is 81.2 Å². The van der Waals surface area contributed by atoms with E-state index >= 15 is 0 Å². The smallest absolute Gasteiger partial charge is 0.227 e. The molecule has 5 rings (SSSR count). The molecule has 6 nitrogen and oxygen atoms in total. The zero-order chi connectivity index (χ0) is 23.1. The van der Waals surface area contributed by atoms with Gasteiger partial charge >= 0.3 is 0 Å². The molecular weight excluding hydrogens is 426 g/mol. The Bertz CT molecular complexity index is 1370. The third-order valence-electron chi connectivity index (χ3n) is 5.98. The first kappa shape index (κ1) is 20.8. The number of rotatable bonds is 5. The molecule has 2 amide bonds. The van der Waals surface area contributed by atoms with Gasteiger partial charge < -0.3 is 10.6 Å². The largest absolute Gasteiger partial charge is 0.370 e. The van der Waals surface area contributed by atoms with Crippen LogP contribution in [0.2, 0.25) is 0 Å². The summed E-state index contributed by atoms with van der Waals surface area (Å²) in [4.78, 5) is 26.3. The fourth-order valence-corrected chi connectivity index (χ4v) is 4.62. The number of carbonyl (C=O) groups excluding carboxylic acids is 2. The van der Waals surface area contributed by atoms with Crippen molar-refractivity contribution in [1.82, 2.24) is 9.78 Å². The second kappa shape index (κ2) is 8.12. The van der Waals surface area contributed by atoms with E-state index in [1.165, 1.54) is 24.3 Å². The fourth-order valence-electron chi connectivity index (χ4n) is 4.62. The van der Waals surface area contributed by atoms with Gasteiger partial charge in [-0.3, -0.25) is 9.59 Å². The molecule has 1 saturated heterocycles. The first-order chi connectivity index (χ1) is 15.9. The molecule has 4 aromatic rings. The lowest BCUT2D eigenvalue weighted by molar-refractivity contribution is -0.119. The number of primary amides is 1. The Morgan fingerprint density at radius 2 is 1.76 bits per heavy atom. The molecule has 8 heteroatoms. The minimum atomic E-state index is -0.523. The highest BCUT2D eigenvalue weighted by atomic mass is 19.1. The van der Waals surface area contributed by atoms with Gasteiger partial charge in [-0.15, -0.1) is 0 Å². The van der Waals surface area contributed by atoms with E-state index in [-0.39, 0.29) is 30.5 Å². The van der Waals surface area contributed by atoms with Gasteiger partial charge in [0, 0.05) is 29.8 Å². The quantitative estimate of drug-likeness (QED) is 0.497. The Morgan fingerprint density at radius 1 is 1.00 bits per heavy atom. The number of aromatic nitrogens is 2. The van der Waals surface area contributed by atoms with Crippen LogP contribution in [0.1, 0.15) is 24.4 Å². The van der Waals surface area contributed by atoms with Crippen molar-refractivity contribution in [1.29, 1.82) is 0 Å². The van der Waals surface area contributed by atoms with Crippen molar-refractivity contribution in [3.05, 3.63) is 90.1 Å². The first-order valence-corrected chi connectivity index (χ1v) is 10.5. The molecule has 0 aliphatic carbocycles. The predicted molar refractivity (Wildman–Crippen MR) is 120 cm³/mol. The van der Waals surface area contributed by atoms with E-state index in [2.05, 4.69) is 5.10 Å². The summed E-state index contributed by atoms with van der Waals surface area (Å²) in [6.07, 6.45) is 1.83. The lowest BCUT2D eigenvalue weighted by Crippen LogP contribution is -2.29. The normalized spacial score (nSPS) is 18.2. The molecule has 3 aromatic carbocycles. The van der Waals surface area contributed by atoms with Crippen molar-refractivity contribution < 1.29 is 18.4 Å². The van der Waals surface area contributed by atoms with Crippen LogP contribution in [0.3, 0.4) is 0 Å². The Morgan fingerprint density at radius 3 is 2.48 bits per heavy atom. The van der Waals surface area contributed by atoms with Gasteiger partial charge in [0.25, 0.3) is 0 Å². The summed E-state index contributed by atoms with van der Waals surface area (Å²) in [6.45, 7) is 0. The second-order valence-electron chi connectivity index (χ2n) is 8.17. The first-order valence-electron chi connectivity index (χ1n) is 10.5. The summed E-state index contributed by atoms with van der Waals surface area (Å²) in [5.74, 6) is -1.79. The van der Waals surface area contributed by atoms with Crippen molar-refractivity contribution in [3.8, 4) is 5.69 Å². The minimum Gasteiger partial charge on any atom is -0.370 e. The number of anilines is 1. The Kier molecular flexibility index (Phi) is 5.12. The molecule has 2 unspecified atom stereocenters. The van der Waals surface area contributed by atoms with E-state index < -0.39 is 17.8 Å². The number of fused-ring (bicyclic) bond motifs is 1. The average Bonchev–Trinajstić information content (AvgIpc) is 3.34. The maximum atomic E-state index is 14.0. The maximum Gasteiger partial charge on any atom is 0.227 e. The lowest BCUT2D eigenvalue weighted by Gasteiger charge is -2.28. The highest BCUT2D eigenvalue weighted by Crippen LogP contribution is 2.43. The highest BCUT2D eigenvalue weighted by molar-refractivity contribution is 5.99. The van der Waals surface area contributed by atoms with Crippen molar-refractivity contribution in [2.24, 2.45) is 11.7 Å². The monoisotopic (exact) mass is 446 g/mol. The number of hydrogen-bond acceptors (Lipinski definition) is 3. The summed E-state index contributed by atoms with van der Waals surface area (Å²) in [6, 6.07) is 17.0. The van der Waals surface area contributed by atoms with E-state index in [9.17, 15) is 18.4 Å². The van der Waals surface area contributed by atoms with Crippen LogP contribution in [0.4, 0.5) is 14.5 Å². The molecule has 1 aromatic heterocycles. The van der Waals surface area contributed by atoms with Gasteiger partial charge in [-0.1, -0.05) is 12.1 Å². The summed E-state index contributed by atoms with van der Waals surface area (Å²) in [5, 5.41) is 5.18. The average molecular weight is 446 g/mol. The molecule has 0 bridgehead atoms. The third-order valence-corrected chi connectivity index (χ3v) is 5.98. The standard InChI is InChI=1S/C25H20F2N4O2/c26-18-4-6-20(7-5-18)31-22-9-8-21(11-17(22)14-29-31)30-24(33)13-16(12-23(28)32)25(30)15-2-1-3-19(27)10-15/h1-11,14,16,25H,12-13H2,(H2,28,32). The Labute approximate surface area is 188 Å². The van der Waals surface area contributed by atoms with Gasteiger partial charge in [0.15, 0.2) is 0 Å². The highest BCUT2D eigenvalue weighted by Gasteiger charge is 2.42. The molecule has 0 radical (unpaired) electrons. The number of benzene rings is 3. The molecule has 2 heterocycles. The minimum absolute atomic E-state index is 0.0220. The zero-order valence-electron chi connectivity index (χ0n) is 17.5. The van der Waals surface area contributed by atoms with E-state index in [4.69, 9.17) is 5.73 Å². The van der Waals surface area contributed by atoms with Gasteiger partial charge in [0.2, 0.25) is 11.8 Å². The molecular formula is C25H20F2N4O2. The van der Waals surface area contributed by atoms with Crippen molar-refractivity contribution in [2.45, 2.75) is 18.9 Å². The molecule has 1 aliphatic heterocycles. The second-order valence-corrected chi connectivity index (χ2v) is 8.17. The molecule has 2 N–H and O–H groups in total. The molecule has 166 valence electrons. The summed E-state index contributed by atoms with van der Waals surface area (Å²) >= 11 is 0. The maximum absolute atomic E-state index is 14.0. The van der Waals surface area contributed by atoms with Crippen molar-refractivity contribution in [2.75, 3.05) is 4.90 Å². The number of carbonyl (C=O) groups is 2. The fraction of sp³-hybridized carbons (Fsp3) is 0.160. The molecule has 1 aliphatic rings. The van der Waals surface area contributed by atoms with Gasteiger partial charge in [-0.25, -0.2) is 13.5 Å². The number of nitrogens with zero attached hydrogens (tertiary/aromatic N) is 3. The van der Waals surface area contributed by atoms with Crippen LogP contribution in [-0.2, 0) is 9.59 Å². The predicted octanol–water partition coefficient (Wildman–Crippen LogP) is 4.27. The van der Waals surface area contributed by atoms with E-state index in [0.717, 1.165) is 10.9 Å². The van der Waals surface area contributed by atoms with Gasteiger partial charge in [0.1, 0.15) is 11.6 Å². The number of amides is 2. The number of halogens is 2. The van der Waals surface area contributed by atoms with Crippen molar-refractivity contribution >= 4 is 28.4 Å². The molecule has 0 spiro atoms. The van der Waals surface area contributed by atoms with Gasteiger partial charge in [0.05, 0.1) is 23.4 Å². The summed E-state index contributed by atoms with van der Waals surface area (Å²) < 4.78 is 29.0. The number of hydrogen-bond donors (Lipinski definition) is 1. The Balaban J connectivity index is 1.57. The molecule has 1 fully saturated rings. The third kappa shape index (κ3) is 3.84. The van der Waals surface area contributed by atoms with E-state index in [1.807, 2.05) is 12.1 Å². The molecule has 33 heavy (non-hydrogen) atoms. The molecule has 2 atom stereocenters. The SMILES string of the molecule is NC(=O)CC1CC(=O)N(c2ccc3c(cnn3-c3ccc(F)cc3)c2)C1c1cccc(F)c1. The van der Waals surface area contributed by atoms with Gasteiger partial charge in [-0.05, 0) is 60.2 Å². The van der Waals surface area contributed by atoms with Crippen LogP contribution in [0.25, 0.3) is 16.6 Å². The van der Waals surface area contributed by atoms with E-state index in [0.29, 0.717) is 16.9 Å². The van der Waals surface area contributed by atoms with Crippen LogP contribution in [0, 0.1) is 17.6 Å². The summed E-state index contributed by atoms with van der Waals surface area (Å²) in [7, 11) is 0. The summed E-state index contributed by atoms with van der Waals surface area (Å²) in [5.41, 5.74) is 8.15. The van der Waals surface area contributed by atoms with Crippen LogP contribution >= 0.6 is 0 Å². The van der Waals surface area contributed by atoms with Crippen LogP contribution in [-0.4, -0.2) is 21.6 Å². The van der Waals surface area contributed by atoms with Crippen LogP contribution in [0.15, 0.2) is 72.9 Å². The Hall–Kier alpha value is -4.07. The molecule has 0 saturated carbocycles. The van der Waals surface area contributed by atoms with Crippen molar-refractivity contribution in [3.63, 3.8) is 0 Å². The number of nitrogens with two attached hydrogens (primary N) is 1. The zero-order valence-corrected chi connectivity index (χ0v) is 17.5.